The smallest absolute Gasteiger partial charge is 0.303 e. The molecule has 0 fully saturated rings. The first-order chi connectivity index (χ1) is 34.9. The average Bonchev–Trinajstić information content (AvgIpc) is 3.30. The number of amides is 12. The van der Waals surface area contributed by atoms with E-state index >= 15 is 0 Å². The fraction of sp³-hybridized carbons (Fsp3) is 0.698. The number of thiol groups is 2. The Morgan fingerprint density at radius 2 is 0.907 bits per heavy atom. The van der Waals surface area contributed by atoms with Crippen LogP contribution in [0.4, 0.5) is 0 Å². The maximum atomic E-state index is 13.7. The van der Waals surface area contributed by atoms with Crippen LogP contribution < -0.4 is 70.4 Å². The third-order valence-electron chi connectivity index (χ3n) is 10.6. The molecular formula is C43H75N13O17S2. The lowest BCUT2D eigenvalue weighted by atomic mass is 10.0. The minimum atomic E-state index is -1.95. The molecule has 0 saturated carbocycles. The second kappa shape index (κ2) is 35.0. The van der Waals surface area contributed by atoms with Crippen LogP contribution in [0.25, 0.3) is 0 Å². The van der Waals surface area contributed by atoms with E-state index in [0.717, 1.165) is 20.8 Å². The van der Waals surface area contributed by atoms with Crippen LogP contribution in [0.15, 0.2) is 0 Å². The Kier molecular flexibility index (Phi) is 32.0. The minimum absolute atomic E-state index is 0.0107. The molecule has 32 heteroatoms. The molecule has 0 aromatic rings. The summed E-state index contributed by atoms with van der Waals surface area (Å²) >= 11 is 7.94. The molecule has 12 amide bonds. The monoisotopic (exact) mass is 1110 g/mol. The molecule has 30 nitrogen and oxygen atoms in total. The SMILES string of the molecule is CC(=O)N[C@@H](CS)C(=O)N[C@H](C(=O)N[C@H](C(=O)N[C@@H](CCC(=O)O)C(=O)N[C@@H](CC(N)=O)C(=O)NCC(=O)N[C@@H](CCCCN)C(=O)N[C@@H](CC(C)C)C(=O)N[C@H](C(=O)N[C@@H](CS)C(N)=O)[C@@H](C)O)[C@@H](C)O)[C@@H](C)O. The van der Waals surface area contributed by atoms with Crippen molar-refractivity contribution in [2.45, 2.75) is 159 Å². The number of carboxylic acids is 1. The number of nitrogens with two attached hydrogens (primary N) is 3. The number of hydrogen-bond acceptors (Lipinski definition) is 19. The highest BCUT2D eigenvalue weighted by atomic mass is 32.1. The number of carbonyl (C=O) groups excluding carboxylic acids is 12. The van der Waals surface area contributed by atoms with Gasteiger partial charge in [0.1, 0.15) is 54.4 Å². The zero-order chi connectivity index (χ0) is 57.9. The highest BCUT2D eigenvalue weighted by molar-refractivity contribution is 7.80. The molecule has 0 aliphatic heterocycles. The molecular weight excluding hydrogens is 1030 g/mol. The molecule has 0 aromatic heterocycles. The number of primary amides is 2. The van der Waals surface area contributed by atoms with Crippen molar-refractivity contribution in [3.8, 4) is 0 Å². The van der Waals surface area contributed by atoms with E-state index in [9.17, 15) is 82.8 Å². The molecule has 426 valence electrons. The minimum Gasteiger partial charge on any atom is -0.481 e. The van der Waals surface area contributed by atoms with Crippen LogP contribution >= 0.6 is 25.3 Å². The number of nitrogens with one attached hydrogen (secondary N) is 10. The maximum Gasteiger partial charge on any atom is 0.303 e. The van der Waals surface area contributed by atoms with Crippen molar-refractivity contribution in [3.05, 3.63) is 0 Å². The summed E-state index contributed by atoms with van der Waals surface area (Å²) < 4.78 is 0. The normalized spacial score (nSPS) is 15.9. The first kappa shape index (κ1) is 68.6. The number of unbranched alkanes of at least 4 members (excludes halogenated alkanes) is 1. The van der Waals surface area contributed by atoms with E-state index in [-0.39, 0.29) is 43.2 Å². The first-order valence-electron chi connectivity index (χ1n) is 23.6. The molecule has 0 radical (unpaired) electrons. The predicted octanol–water partition coefficient (Wildman–Crippen LogP) is -8.11. The van der Waals surface area contributed by atoms with E-state index in [1.54, 1.807) is 13.8 Å². The quantitative estimate of drug-likeness (QED) is 0.0205. The summed E-state index contributed by atoms with van der Waals surface area (Å²) in [4.78, 5) is 167. The highest BCUT2D eigenvalue weighted by Gasteiger charge is 2.37. The van der Waals surface area contributed by atoms with Crippen molar-refractivity contribution in [3.63, 3.8) is 0 Å². The Morgan fingerprint density at radius 3 is 1.32 bits per heavy atom. The molecule has 12 atom stereocenters. The first-order valence-corrected chi connectivity index (χ1v) is 24.9. The molecule has 75 heavy (non-hydrogen) atoms. The Labute approximate surface area is 443 Å². The summed E-state index contributed by atoms with van der Waals surface area (Å²) in [5.41, 5.74) is 16.2. The van der Waals surface area contributed by atoms with Gasteiger partial charge in [0.05, 0.1) is 31.3 Å². The molecule has 0 aromatic carbocycles. The Morgan fingerprint density at radius 1 is 0.493 bits per heavy atom. The summed E-state index contributed by atoms with van der Waals surface area (Å²) in [5, 5.41) is 63.2. The molecule has 0 aliphatic carbocycles. The van der Waals surface area contributed by atoms with Crippen LogP contribution in [0, 0.1) is 5.92 Å². The van der Waals surface area contributed by atoms with Gasteiger partial charge in [0, 0.05) is 24.9 Å². The number of aliphatic hydroxyl groups is 3. The number of hydrogen-bond donors (Lipinski definition) is 19. The molecule has 0 spiro atoms. The fourth-order valence-electron chi connectivity index (χ4n) is 6.63. The van der Waals surface area contributed by atoms with Crippen molar-refractivity contribution >= 4 is 102 Å². The molecule has 0 bridgehead atoms. The summed E-state index contributed by atoms with van der Waals surface area (Å²) in [7, 11) is 0. The third kappa shape index (κ3) is 26.6. The lowest BCUT2D eigenvalue weighted by molar-refractivity contribution is -0.139. The number of carbonyl (C=O) groups is 13. The van der Waals surface area contributed by atoms with Crippen molar-refractivity contribution in [2.75, 3.05) is 24.6 Å². The number of rotatable bonds is 36. The van der Waals surface area contributed by atoms with Crippen LogP contribution in [0.5, 0.6) is 0 Å². The van der Waals surface area contributed by atoms with Gasteiger partial charge in [-0.2, -0.15) is 25.3 Å². The largest absolute Gasteiger partial charge is 0.481 e. The predicted molar refractivity (Wildman–Crippen MR) is 271 cm³/mol. The van der Waals surface area contributed by atoms with Crippen molar-refractivity contribution in [1.82, 2.24) is 53.2 Å². The van der Waals surface area contributed by atoms with Crippen LogP contribution in [0.3, 0.4) is 0 Å². The molecule has 0 unspecified atom stereocenters. The summed E-state index contributed by atoms with van der Waals surface area (Å²) in [5.74, 6) is -14.6. The van der Waals surface area contributed by atoms with Gasteiger partial charge in [-0.15, -0.1) is 0 Å². The molecule has 0 aliphatic rings. The van der Waals surface area contributed by atoms with E-state index in [1.165, 1.54) is 6.92 Å². The summed E-state index contributed by atoms with van der Waals surface area (Å²) in [6.07, 6.45) is -6.67. The van der Waals surface area contributed by atoms with Gasteiger partial charge in [-0.05, 0) is 65.3 Å². The second-order valence-corrected chi connectivity index (χ2v) is 18.5. The van der Waals surface area contributed by atoms with Gasteiger partial charge in [-0.25, -0.2) is 0 Å². The van der Waals surface area contributed by atoms with Crippen LogP contribution in [0.1, 0.15) is 86.5 Å². The van der Waals surface area contributed by atoms with Gasteiger partial charge in [0.2, 0.25) is 70.9 Å². The molecule has 0 heterocycles. The van der Waals surface area contributed by atoms with Crippen molar-refractivity contribution < 1.29 is 82.8 Å². The van der Waals surface area contributed by atoms with Crippen LogP contribution in [-0.4, -0.2) is 195 Å². The standard InChI is InChI=1S/C43H75N13O17S2/c1-18(2)13-25(39(69)54-32(19(3)57)42(72)53-27(16-74)35(46)65)51-37(67)23(9-7-8-12-44)49-30(62)15-47-36(66)26(14-29(45)61)52-38(68)24(10-11-31(63)64)50-41(71)33(20(4)58)56-43(73)34(21(5)59)55-40(70)28(17-75)48-22(6)60/h18-21,23-28,32-34,57-59,74-75H,7-17,44H2,1-6H3,(H2,45,61)(H2,46,65)(H,47,66)(H,48,60)(H,49,62)(H,50,71)(H,51,67)(H,52,68)(H,53,72)(H,54,69)(H,55,70)(H,56,73)(H,63,64)/t19-,20-,21-,23+,24+,25+,26+,27+,28+,32+,33+,34+/m1/s1. The summed E-state index contributed by atoms with van der Waals surface area (Å²) in [6.45, 7) is 7.16. The van der Waals surface area contributed by atoms with E-state index in [0.29, 0.717) is 6.42 Å². The van der Waals surface area contributed by atoms with Crippen LogP contribution in [0.2, 0.25) is 0 Å². The van der Waals surface area contributed by atoms with E-state index < -0.39 is 175 Å². The number of carboxylic acid groups (broad SMARTS) is 1. The van der Waals surface area contributed by atoms with Gasteiger partial charge in [0.15, 0.2) is 0 Å². The van der Waals surface area contributed by atoms with Gasteiger partial charge in [0.25, 0.3) is 0 Å². The van der Waals surface area contributed by atoms with E-state index in [2.05, 4.69) is 78.4 Å². The Bertz CT molecular complexity index is 2020. The van der Waals surface area contributed by atoms with E-state index in [1.807, 2.05) is 0 Å². The van der Waals surface area contributed by atoms with Gasteiger partial charge >= 0.3 is 5.97 Å². The zero-order valence-corrected chi connectivity index (χ0v) is 44.3. The van der Waals surface area contributed by atoms with Crippen molar-refractivity contribution in [1.29, 1.82) is 0 Å². The van der Waals surface area contributed by atoms with Crippen molar-refractivity contribution in [2.24, 2.45) is 23.1 Å². The third-order valence-corrected chi connectivity index (χ3v) is 11.3. The maximum absolute atomic E-state index is 13.7. The highest BCUT2D eigenvalue weighted by Crippen LogP contribution is 2.10. The lowest BCUT2D eigenvalue weighted by Crippen LogP contribution is -2.63. The van der Waals surface area contributed by atoms with Gasteiger partial charge in [-0.3, -0.25) is 62.3 Å². The molecule has 0 saturated heterocycles. The van der Waals surface area contributed by atoms with Gasteiger partial charge < -0.3 is 90.8 Å². The Balaban J connectivity index is 6.38. The molecule has 20 N–H and O–H groups in total. The van der Waals surface area contributed by atoms with E-state index in [4.69, 9.17) is 17.2 Å². The zero-order valence-electron chi connectivity index (χ0n) is 42.5. The number of aliphatic hydroxyl groups excluding tert-OH is 3. The average molecular weight is 1110 g/mol. The Hall–Kier alpha value is -6.35. The van der Waals surface area contributed by atoms with Gasteiger partial charge in [-0.1, -0.05) is 13.8 Å². The van der Waals surface area contributed by atoms with Crippen LogP contribution in [-0.2, 0) is 62.3 Å². The second-order valence-electron chi connectivity index (χ2n) is 17.8. The summed E-state index contributed by atoms with van der Waals surface area (Å²) in [6, 6.07) is -14.3. The molecule has 0 rings (SSSR count). The number of aliphatic carboxylic acids is 1. The topological polar surface area (TPSA) is 501 Å². The fourth-order valence-corrected chi connectivity index (χ4v) is 7.16. The lowest BCUT2D eigenvalue weighted by Gasteiger charge is -2.28.